The zero-order valence-corrected chi connectivity index (χ0v) is 5.40. The molecule has 0 aromatic heterocycles. The summed E-state index contributed by atoms with van der Waals surface area (Å²) in [6.07, 6.45) is 0. The third-order valence-electron chi connectivity index (χ3n) is 0. The molecule has 0 rings (SSSR count). The van der Waals surface area contributed by atoms with Gasteiger partial charge in [-0.15, -0.1) is 0 Å². The maximum absolute atomic E-state index is 8.25. The van der Waals surface area contributed by atoms with Crippen LogP contribution in [0.15, 0.2) is 0 Å². The van der Waals surface area contributed by atoms with Crippen LogP contribution in [-0.2, 0) is 21.1 Å². The molecule has 3 heteroatoms. The SMILES string of the molecule is C[O-].C[O-].[Pt+2]. The van der Waals surface area contributed by atoms with E-state index in [1.54, 1.807) is 0 Å². The summed E-state index contributed by atoms with van der Waals surface area (Å²) < 4.78 is 0. The number of rotatable bonds is 0. The summed E-state index contributed by atoms with van der Waals surface area (Å²) in [5.41, 5.74) is 0. The molecule has 2 nitrogen and oxygen atoms in total. The summed E-state index contributed by atoms with van der Waals surface area (Å²) >= 11 is 0. The van der Waals surface area contributed by atoms with Gasteiger partial charge >= 0.3 is 21.1 Å². The predicted octanol–water partition coefficient (Wildman–Crippen LogP) is -2.05. The Labute approximate surface area is 46.1 Å². The van der Waals surface area contributed by atoms with Crippen molar-refractivity contribution in [2.24, 2.45) is 0 Å². The Hall–Kier alpha value is 0.608. The third kappa shape index (κ3) is 84.7. The Morgan fingerprint density at radius 1 is 0.800 bits per heavy atom. The average Bonchev–Trinajstić information content (AvgIpc) is 1.50. The molecular formula is C2H6O2Pt. The van der Waals surface area contributed by atoms with Gasteiger partial charge in [-0.05, 0) is 0 Å². The van der Waals surface area contributed by atoms with Crippen molar-refractivity contribution in [3.8, 4) is 0 Å². The smallest absolute Gasteiger partial charge is 0.857 e. The quantitative estimate of drug-likeness (QED) is 0.501. The average molecular weight is 257 g/mol. The van der Waals surface area contributed by atoms with E-state index in [-0.39, 0.29) is 21.1 Å². The zero-order chi connectivity index (χ0) is 4.00. The van der Waals surface area contributed by atoms with E-state index >= 15 is 0 Å². The van der Waals surface area contributed by atoms with Crippen molar-refractivity contribution in [3.63, 3.8) is 0 Å². The van der Waals surface area contributed by atoms with Gasteiger partial charge in [-0.25, -0.2) is 0 Å². The summed E-state index contributed by atoms with van der Waals surface area (Å²) in [4.78, 5) is 0. The van der Waals surface area contributed by atoms with Crippen LogP contribution in [0.3, 0.4) is 0 Å². The van der Waals surface area contributed by atoms with Gasteiger partial charge in [-0.2, -0.15) is 14.2 Å². The van der Waals surface area contributed by atoms with E-state index in [2.05, 4.69) is 0 Å². The van der Waals surface area contributed by atoms with Gasteiger partial charge < -0.3 is 10.2 Å². The van der Waals surface area contributed by atoms with Crippen LogP contribution in [0.2, 0.25) is 0 Å². The fourth-order valence-electron chi connectivity index (χ4n) is 0. The molecule has 0 atom stereocenters. The molecule has 0 fully saturated rings. The fraction of sp³-hybridized carbons (Fsp3) is 1.00. The first-order chi connectivity index (χ1) is 2.00. The fourth-order valence-corrected chi connectivity index (χ4v) is 0. The Morgan fingerprint density at radius 3 is 0.800 bits per heavy atom. The molecule has 0 N–H and O–H groups in total. The van der Waals surface area contributed by atoms with Crippen molar-refractivity contribution < 1.29 is 31.3 Å². The second kappa shape index (κ2) is 162. The molecule has 5 heavy (non-hydrogen) atoms. The summed E-state index contributed by atoms with van der Waals surface area (Å²) in [6.45, 7) is 0. The number of hydrogen-bond acceptors (Lipinski definition) is 2. The molecule has 0 aromatic carbocycles. The maximum Gasteiger partial charge on any atom is 2.00 e. The zero-order valence-electron chi connectivity index (χ0n) is 3.13. The topological polar surface area (TPSA) is 46.1 Å². The van der Waals surface area contributed by atoms with E-state index in [4.69, 9.17) is 10.2 Å². The molecule has 0 aromatic rings. The summed E-state index contributed by atoms with van der Waals surface area (Å²) in [7, 11) is 1.50. The minimum Gasteiger partial charge on any atom is -0.857 e. The largest absolute Gasteiger partial charge is 2.00 e. The van der Waals surface area contributed by atoms with Crippen LogP contribution < -0.4 is 10.2 Å². The minimum absolute atomic E-state index is 0. The standard InChI is InChI=1S/2CH3O.Pt/c2*1-2;/h2*1H3;/q2*-1;+2. The van der Waals surface area contributed by atoms with Crippen LogP contribution in [0.5, 0.6) is 0 Å². The van der Waals surface area contributed by atoms with Crippen LogP contribution in [0.4, 0.5) is 0 Å². The molecule has 36 valence electrons. The van der Waals surface area contributed by atoms with Gasteiger partial charge in [0.2, 0.25) is 0 Å². The molecule has 0 amide bonds. The Morgan fingerprint density at radius 2 is 0.800 bits per heavy atom. The van der Waals surface area contributed by atoms with Crippen LogP contribution in [0, 0.1) is 0 Å². The Balaban J connectivity index is -0.0000000133. The summed E-state index contributed by atoms with van der Waals surface area (Å²) in [5, 5.41) is 16.5. The summed E-state index contributed by atoms with van der Waals surface area (Å²) in [5.74, 6) is 0. The van der Waals surface area contributed by atoms with Crippen LogP contribution in [-0.4, -0.2) is 14.2 Å². The first-order valence-corrected chi connectivity index (χ1v) is 0.816. The first-order valence-electron chi connectivity index (χ1n) is 0.816. The van der Waals surface area contributed by atoms with Gasteiger partial charge in [-0.3, -0.25) is 0 Å². The molecule has 0 unspecified atom stereocenters. The molecule has 0 aliphatic rings. The second-order valence-electron chi connectivity index (χ2n) is 0. The normalized spacial score (nSPS) is 2.40. The van der Waals surface area contributed by atoms with E-state index in [0.717, 1.165) is 14.2 Å². The molecule has 0 heterocycles. The molecule has 0 aliphatic carbocycles. The van der Waals surface area contributed by atoms with Gasteiger partial charge in [0.1, 0.15) is 0 Å². The van der Waals surface area contributed by atoms with E-state index < -0.39 is 0 Å². The van der Waals surface area contributed by atoms with Crippen LogP contribution in [0.1, 0.15) is 0 Å². The first kappa shape index (κ1) is 17.5. The van der Waals surface area contributed by atoms with Crippen molar-refractivity contribution in [2.75, 3.05) is 14.2 Å². The monoisotopic (exact) mass is 257 g/mol. The van der Waals surface area contributed by atoms with Gasteiger partial charge in [0, 0.05) is 0 Å². The molecule has 0 saturated heterocycles. The van der Waals surface area contributed by atoms with Crippen molar-refractivity contribution in [3.05, 3.63) is 0 Å². The van der Waals surface area contributed by atoms with Crippen molar-refractivity contribution in [1.82, 2.24) is 0 Å². The van der Waals surface area contributed by atoms with E-state index in [0.29, 0.717) is 0 Å². The van der Waals surface area contributed by atoms with Gasteiger partial charge in [0.15, 0.2) is 0 Å². The van der Waals surface area contributed by atoms with Crippen LogP contribution >= 0.6 is 0 Å². The van der Waals surface area contributed by atoms with E-state index in [9.17, 15) is 0 Å². The summed E-state index contributed by atoms with van der Waals surface area (Å²) in [6, 6.07) is 0. The maximum atomic E-state index is 8.25. The van der Waals surface area contributed by atoms with Crippen molar-refractivity contribution in [2.45, 2.75) is 0 Å². The minimum atomic E-state index is 0. The van der Waals surface area contributed by atoms with E-state index in [1.807, 2.05) is 0 Å². The van der Waals surface area contributed by atoms with Crippen molar-refractivity contribution in [1.29, 1.82) is 0 Å². The predicted molar refractivity (Wildman–Crippen MR) is 11.8 cm³/mol. The molecule has 0 aliphatic heterocycles. The van der Waals surface area contributed by atoms with E-state index in [1.165, 1.54) is 0 Å². The van der Waals surface area contributed by atoms with Gasteiger partial charge in [-0.1, -0.05) is 0 Å². The van der Waals surface area contributed by atoms with Gasteiger partial charge in [0.25, 0.3) is 0 Å². The third-order valence-corrected chi connectivity index (χ3v) is 0. The molecule has 0 spiro atoms. The van der Waals surface area contributed by atoms with Gasteiger partial charge in [0.05, 0.1) is 0 Å². The Bertz CT molecular complexity index is 7.61. The second-order valence-corrected chi connectivity index (χ2v) is 0. The molecule has 0 bridgehead atoms. The number of hydrogen-bond donors (Lipinski definition) is 0. The molecular weight excluding hydrogens is 251 g/mol. The molecule has 0 saturated carbocycles. The van der Waals surface area contributed by atoms with Crippen LogP contribution in [0.25, 0.3) is 0 Å². The molecule has 0 radical (unpaired) electrons. The Kier molecular flexibility index (Phi) is 568. The van der Waals surface area contributed by atoms with Crippen molar-refractivity contribution >= 4 is 0 Å².